The molecule has 2 N–H and O–H groups in total. The highest BCUT2D eigenvalue weighted by atomic mass is 32.2. The Balaban J connectivity index is 3.97. The van der Waals surface area contributed by atoms with Gasteiger partial charge in [0.1, 0.15) is 0 Å². The zero-order chi connectivity index (χ0) is 13.5. The maximum Gasteiger partial charge on any atom is 0.211 e. The summed E-state index contributed by atoms with van der Waals surface area (Å²) in [5, 5.41) is 3.20. The van der Waals surface area contributed by atoms with E-state index in [4.69, 9.17) is 0 Å². The molecular weight excluding hydrogens is 236 g/mol. The number of nitrogens with one attached hydrogen (secondary N) is 2. The Kier molecular flexibility index (Phi) is 7.28. The fraction of sp³-hybridized carbons (Fsp3) is 1.00. The van der Waals surface area contributed by atoms with Crippen molar-refractivity contribution < 1.29 is 8.42 Å². The average Bonchev–Trinajstić information content (AvgIpc) is 2.15. The molecule has 1 unspecified atom stereocenters. The molecule has 0 aromatic heterocycles. The highest BCUT2D eigenvalue weighted by Gasteiger charge is 2.24. The molecule has 0 aromatic carbocycles. The van der Waals surface area contributed by atoms with Crippen LogP contribution in [-0.4, -0.2) is 33.3 Å². The zero-order valence-corrected chi connectivity index (χ0v) is 12.7. The summed E-state index contributed by atoms with van der Waals surface area (Å²) in [6.07, 6.45) is 1.73. The van der Waals surface area contributed by atoms with Crippen molar-refractivity contribution in [3.8, 4) is 0 Å². The number of rotatable bonds is 8. The van der Waals surface area contributed by atoms with Crippen LogP contribution in [-0.2, 0) is 10.0 Å². The minimum Gasteiger partial charge on any atom is -0.317 e. The van der Waals surface area contributed by atoms with E-state index in [0.29, 0.717) is 6.42 Å². The third kappa shape index (κ3) is 8.57. The van der Waals surface area contributed by atoms with Crippen LogP contribution in [0.1, 0.15) is 47.5 Å². The second-order valence-corrected chi connectivity index (χ2v) is 7.50. The van der Waals surface area contributed by atoms with Crippen LogP contribution in [0.2, 0.25) is 0 Å². The molecular formula is C12H28N2O2S. The molecule has 0 saturated carbocycles. The minimum atomic E-state index is -3.14. The fourth-order valence-electron chi connectivity index (χ4n) is 1.19. The van der Waals surface area contributed by atoms with Gasteiger partial charge in [-0.15, -0.1) is 0 Å². The maximum absolute atomic E-state index is 11.8. The second kappa shape index (κ2) is 7.34. The molecule has 0 aliphatic carbocycles. The first-order chi connectivity index (χ1) is 7.69. The Labute approximate surface area is 107 Å². The van der Waals surface area contributed by atoms with Crippen LogP contribution in [0.3, 0.4) is 0 Å². The van der Waals surface area contributed by atoms with E-state index in [1.165, 1.54) is 0 Å². The molecule has 104 valence electrons. The molecule has 0 heterocycles. The molecule has 0 aromatic rings. The molecule has 17 heavy (non-hydrogen) atoms. The van der Waals surface area contributed by atoms with Gasteiger partial charge in [0.05, 0.1) is 5.75 Å². The lowest BCUT2D eigenvalue weighted by Gasteiger charge is -2.27. The molecule has 0 radical (unpaired) electrons. The quantitative estimate of drug-likeness (QED) is 0.656. The predicted molar refractivity (Wildman–Crippen MR) is 73.6 cm³/mol. The first-order valence-electron chi connectivity index (χ1n) is 6.40. The SMILES string of the molecule is CCCNCCCS(=O)(=O)NC(C)C(C)(C)C. The Morgan fingerprint density at radius 3 is 2.24 bits per heavy atom. The summed E-state index contributed by atoms with van der Waals surface area (Å²) in [7, 11) is -3.14. The summed E-state index contributed by atoms with van der Waals surface area (Å²) in [4.78, 5) is 0. The normalized spacial score (nSPS) is 14.9. The van der Waals surface area contributed by atoms with Gasteiger partial charge >= 0.3 is 0 Å². The van der Waals surface area contributed by atoms with Gasteiger partial charge in [0, 0.05) is 6.04 Å². The van der Waals surface area contributed by atoms with Crippen molar-refractivity contribution in [1.82, 2.24) is 10.0 Å². The molecule has 1 atom stereocenters. The molecule has 0 amide bonds. The Morgan fingerprint density at radius 2 is 1.76 bits per heavy atom. The lowest BCUT2D eigenvalue weighted by molar-refractivity contribution is 0.317. The maximum atomic E-state index is 11.8. The van der Waals surface area contributed by atoms with Gasteiger partial charge in [-0.25, -0.2) is 13.1 Å². The second-order valence-electron chi connectivity index (χ2n) is 5.63. The third-order valence-electron chi connectivity index (χ3n) is 2.85. The smallest absolute Gasteiger partial charge is 0.211 e. The molecule has 0 saturated heterocycles. The Hall–Kier alpha value is -0.130. The van der Waals surface area contributed by atoms with Gasteiger partial charge < -0.3 is 5.32 Å². The van der Waals surface area contributed by atoms with Gasteiger partial charge in [-0.1, -0.05) is 27.7 Å². The van der Waals surface area contributed by atoms with Crippen LogP contribution in [0.25, 0.3) is 0 Å². The molecule has 0 fully saturated rings. The summed E-state index contributed by atoms with van der Waals surface area (Å²) in [5.74, 6) is 0.199. The van der Waals surface area contributed by atoms with Crippen molar-refractivity contribution in [3.63, 3.8) is 0 Å². The monoisotopic (exact) mass is 264 g/mol. The van der Waals surface area contributed by atoms with E-state index in [0.717, 1.165) is 19.5 Å². The van der Waals surface area contributed by atoms with Gasteiger partial charge in [-0.3, -0.25) is 0 Å². The van der Waals surface area contributed by atoms with Crippen molar-refractivity contribution in [2.24, 2.45) is 5.41 Å². The third-order valence-corrected chi connectivity index (χ3v) is 4.39. The van der Waals surface area contributed by atoms with Crippen molar-refractivity contribution in [1.29, 1.82) is 0 Å². The molecule has 5 heteroatoms. The largest absolute Gasteiger partial charge is 0.317 e. The van der Waals surface area contributed by atoms with E-state index in [9.17, 15) is 8.42 Å². The lowest BCUT2D eigenvalue weighted by Crippen LogP contribution is -2.42. The highest BCUT2D eigenvalue weighted by Crippen LogP contribution is 2.19. The van der Waals surface area contributed by atoms with Crippen molar-refractivity contribution in [2.75, 3.05) is 18.8 Å². The fourth-order valence-corrected chi connectivity index (χ4v) is 2.73. The van der Waals surface area contributed by atoms with E-state index >= 15 is 0 Å². The minimum absolute atomic E-state index is 0.0453. The van der Waals surface area contributed by atoms with Gasteiger partial charge in [0.25, 0.3) is 0 Å². The molecule has 0 aliphatic heterocycles. The van der Waals surface area contributed by atoms with Crippen LogP contribution in [0.4, 0.5) is 0 Å². The summed E-state index contributed by atoms with van der Waals surface area (Å²) >= 11 is 0. The summed E-state index contributed by atoms with van der Waals surface area (Å²) in [5.41, 5.74) is -0.0481. The van der Waals surface area contributed by atoms with Crippen molar-refractivity contribution in [2.45, 2.75) is 53.5 Å². The molecule has 0 aliphatic rings. The van der Waals surface area contributed by atoms with E-state index in [1.807, 2.05) is 27.7 Å². The molecule has 0 spiro atoms. The zero-order valence-electron chi connectivity index (χ0n) is 11.8. The molecule has 0 bridgehead atoms. The number of sulfonamides is 1. The van der Waals surface area contributed by atoms with E-state index in [1.54, 1.807) is 0 Å². The highest BCUT2D eigenvalue weighted by molar-refractivity contribution is 7.89. The average molecular weight is 264 g/mol. The van der Waals surface area contributed by atoms with E-state index in [-0.39, 0.29) is 17.2 Å². The van der Waals surface area contributed by atoms with Crippen LogP contribution in [0.5, 0.6) is 0 Å². The van der Waals surface area contributed by atoms with Crippen LogP contribution < -0.4 is 10.0 Å². The first-order valence-corrected chi connectivity index (χ1v) is 8.05. The van der Waals surface area contributed by atoms with Gasteiger partial charge in [0.2, 0.25) is 10.0 Å². The van der Waals surface area contributed by atoms with Gasteiger partial charge in [0.15, 0.2) is 0 Å². The molecule has 0 rings (SSSR count). The van der Waals surface area contributed by atoms with Gasteiger partial charge in [-0.05, 0) is 38.3 Å². The lowest BCUT2D eigenvalue weighted by atomic mass is 9.89. The van der Waals surface area contributed by atoms with Crippen molar-refractivity contribution in [3.05, 3.63) is 0 Å². The summed E-state index contributed by atoms with van der Waals surface area (Å²) < 4.78 is 26.3. The Morgan fingerprint density at radius 1 is 1.18 bits per heavy atom. The number of hydrogen-bond acceptors (Lipinski definition) is 3. The summed E-state index contributed by atoms with van der Waals surface area (Å²) in [6.45, 7) is 11.8. The number of hydrogen-bond donors (Lipinski definition) is 2. The van der Waals surface area contributed by atoms with Crippen LogP contribution >= 0.6 is 0 Å². The van der Waals surface area contributed by atoms with Crippen LogP contribution in [0.15, 0.2) is 0 Å². The van der Waals surface area contributed by atoms with Crippen molar-refractivity contribution >= 4 is 10.0 Å². The van der Waals surface area contributed by atoms with Crippen LogP contribution in [0, 0.1) is 5.41 Å². The van der Waals surface area contributed by atoms with E-state index < -0.39 is 10.0 Å². The summed E-state index contributed by atoms with van der Waals surface area (Å²) in [6, 6.07) is -0.0453. The standard InChI is InChI=1S/C12H28N2O2S/c1-6-8-13-9-7-10-17(15,16)14-11(2)12(3,4)5/h11,13-14H,6-10H2,1-5H3. The first kappa shape index (κ1) is 16.9. The van der Waals surface area contributed by atoms with E-state index in [2.05, 4.69) is 17.0 Å². The predicted octanol–water partition coefficient (Wildman–Crippen LogP) is 1.73. The molecule has 4 nitrogen and oxygen atoms in total. The topological polar surface area (TPSA) is 58.2 Å². The van der Waals surface area contributed by atoms with Gasteiger partial charge in [-0.2, -0.15) is 0 Å². The Bertz CT molecular complexity index is 294.